The third kappa shape index (κ3) is 5.82. The molecule has 98 valence electrons. The Hall–Kier alpha value is -0.900. The molecule has 0 radical (unpaired) electrons. The number of aldehydes is 1. The van der Waals surface area contributed by atoms with Crippen molar-refractivity contribution in [1.29, 1.82) is 0 Å². The average Bonchev–Trinajstić information content (AvgIpc) is 2.37. The molecule has 1 fully saturated rings. The second-order valence-electron chi connectivity index (χ2n) is 4.70. The van der Waals surface area contributed by atoms with Crippen molar-refractivity contribution in [2.75, 3.05) is 20.3 Å². The predicted molar refractivity (Wildman–Crippen MR) is 63.6 cm³/mol. The van der Waals surface area contributed by atoms with E-state index >= 15 is 0 Å². The smallest absolute Gasteiger partial charge is 0.305 e. The lowest BCUT2D eigenvalue weighted by Gasteiger charge is -2.24. The van der Waals surface area contributed by atoms with Crippen LogP contribution >= 0.6 is 0 Å². The van der Waals surface area contributed by atoms with Crippen molar-refractivity contribution in [3.05, 3.63) is 0 Å². The molecule has 0 amide bonds. The molecule has 0 aromatic rings. The first kappa shape index (κ1) is 14.2. The first-order valence-corrected chi connectivity index (χ1v) is 6.36. The molecule has 0 spiro atoms. The van der Waals surface area contributed by atoms with E-state index in [0.717, 1.165) is 32.0 Å². The van der Waals surface area contributed by atoms with Crippen molar-refractivity contribution in [3.63, 3.8) is 0 Å². The summed E-state index contributed by atoms with van der Waals surface area (Å²) in [6.45, 7) is 1.11. The Balaban J connectivity index is 2.06. The molecule has 0 unspecified atom stereocenters. The van der Waals surface area contributed by atoms with Crippen molar-refractivity contribution in [2.45, 2.75) is 38.5 Å². The standard InChI is InChI=1S/C13H22O4/c1-16-8-2-3-13(15)17-10-12-6-4-11(9-14)5-7-12/h9,11-12H,2-8,10H2,1H3. The van der Waals surface area contributed by atoms with Crippen LogP contribution in [0.4, 0.5) is 0 Å². The number of methoxy groups -OCH3 is 1. The molecule has 4 nitrogen and oxygen atoms in total. The molecule has 0 N–H and O–H groups in total. The van der Waals surface area contributed by atoms with E-state index in [2.05, 4.69) is 0 Å². The summed E-state index contributed by atoms with van der Waals surface area (Å²) in [5, 5.41) is 0. The molecule has 0 aromatic carbocycles. The molecule has 4 heteroatoms. The quantitative estimate of drug-likeness (QED) is 0.389. The Bertz CT molecular complexity index is 232. The largest absolute Gasteiger partial charge is 0.465 e. The summed E-state index contributed by atoms with van der Waals surface area (Å²) in [6, 6.07) is 0. The van der Waals surface area contributed by atoms with Crippen LogP contribution < -0.4 is 0 Å². The van der Waals surface area contributed by atoms with Gasteiger partial charge in [-0.25, -0.2) is 0 Å². The maximum absolute atomic E-state index is 11.3. The highest BCUT2D eigenvalue weighted by Gasteiger charge is 2.21. The van der Waals surface area contributed by atoms with Gasteiger partial charge >= 0.3 is 5.97 Å². The highest BCUT2D eigenvalue weighted by atomic mass is 16.5. The van der Waals surface area contributed by atoms with Gasteiger partial charge in [-0.15, -0.1) is 0 Å². The molecule has 0 atom stereocenters. The zero-order chi connectivity index (χ0) is 12.5. The molecule has 1 aliphatic carbocycles. The summed E-state index contributed by atoms with van der Waals surface area (Å²) in [7, 11) is 1.62. The minimum atomic E-state index is -0.139. The van der Waals surface area contributed by atoms with E-state index in [1.807, 2.05) is 0 Å². The van der Waals surface area contributed by atoms with Crippen LogP contribution in [-0.4, -0.2) is 32.6 Å². The minimum absolute atomic E-state index is 0.139. The first-order valence-electron chi connectivity index (χ1n) is 6.36. The summed E-state index contributed by atoms with van der Waals surface area (Å²) in [4.78, 5) is 21.9. The highest BCUT2D eigenvalue weighted by Crippen LogP contribution is 2.27. The van der Waals surface area contributed by atoms with E-state index in [4.69, 9.17) is 9.47 Å². The van der Waals surface area contributed by atoms with E-state index in [1.165, 1.54) is 0 Å². The topological polar surface area (TPSA) is 52.6 Å². The van der Waals surface area contributed by atoms with Crippen molar-refractivity contribution in [3.8, 4) is 0 Å². The lowest BCUT2D eigenvalue weighted by atomic mass is 9.83. The maximum atomic E-state index is 11.3. The Kier molecular flexibility index (Phi) is 6.86. The van der Waals surface area contributed by atoms with E-state index < -0.39 is 0 Å². The predicted octanol–water partition coefficient (Wildman–Crippen LogP) is 1.96. The van der Waals surface area contributed by atoms with Crippen LogP contribution in [0.1, 0.15) is 38.5 Å². The number of carbonyl (C=O) groups is 2. The molecule has 0 aliphatic heterocycles. The lowest BCUT2D eigenvalue weighted by molar-refractivity contribution is -0.145. The van der Waals surface area contributed by atoms with Gasteiger partial charge in [-0.3, -0.25) is 4.79 Å². The lowest BCUT2D eigenvalue weighted by Crippen LogP contribution is -2.21. The average molecular weight is 242 g/mol. The van der Waals surface area contributed by atoms with E-state index in [9.17, 15) is 9.59 Å². The summed E-state index contributed by atoms with van der Waals surface area (Å²) < 4.78 is 10.1. The molecule has 17 heavy (non-hydrogen) atoms. The molecule has 1 aliphatic rings. The number of ether oxygens (including phenoxy) is 2. The van der Waals surface area contributed by atoms with Crippen LogP contribution in [0.15, 0.2) is 0 Å². The molecule has 0 saturated heterocycles. The fourth-order valence-electron chi connectivity index (χ4n) is 2.13. The molecular formula is C13H22O4. The van der Waals surface area contributed by atoms with Crippen molar-refractivity contribution < 1.29 is 19.1 Å². The molecule has 0 aromatic heterocycles. The summed E-state index contributed by atoms with van der Waals surface area (Å²) >= 11 is 0. The van der Waals surface area contributed by atoms with Gasteiger partial charge in [0.2, 0.25) is 0 Å². The SMILES string of the molecule is COCCCC(=O)OCC1CCC(C=O)CC1. The third-order valence-corrected chi connectivity index (χ3v) is 3.29. The third-order valence-electron chi connectivity index (χ3n) is 3.29. The van der Waals surface area contributed by atoms with Crippen molar-refractivity contribution >= 4 is 12.3 Å². The van der Waals surface area contributed by atoms with Gasteiger partial charge in [0, 0.05) is 26.1 Å². The normalized spacial score (nSPS) is 24.3. The highest BCUT2D eigenvalue weighted by molar-refractivity contribution is 5.69. The second kappa shape index (κ2) is 8.23. The van der Waals surface area contributed by atoms with Gasteiger partial charge in [-0.1, -0.05) is 0 Å². The van der Waals surface area contributed by atoms with E-state index in [-0.39, 0.29) is 11.9 Å². The number of hydrogen-bond donors (Lipinski definition) is 0. The van der Waals surface area contributed by atoms with Gasteiger partial charge in [0.1, 0.15) is 6.29 Å². The Morgan fingerprint density at radius 2 is 2.00 bits per heavy atom. The Labute approximate surface area is 103 Å². The van der Waals surface area contributed by atoms with Crippen LogP contribution in [0.25, 0.3) is 0 Å². The number of carbonyl (C=O) groups excluding carboxylic acids is 2. The van der Waals surface area contributed by atoms with Crippen LogP contribution in [0.5, 0.6) is 0 Å². The van der Waals surface area contributed by atoms with Crippen LogP contribution in [0.3, 0.4) is 0 Å². The number of esters is 1. The van der Waals surface area contributed by atoms with Gasteiger partial charge in [0.25, 0.3) is 0 Å². The molecule has 1 rings (SSSR count). The van der Waals surface area contributed by atoms with Crippen molar-refractivity contribution in [1.82, 2.24) is 0 Å². The molecule has 0 bridgehead atoms. The number of rotatable bonds is 7. The Morgan fingerprint density at radius 1 is 1.29 bits per heavy atom. The summed E-state index contributed by atoms with van der Waals surface area (Å²) in [6.07, 6.45) is 6.06. The fourth-order valence-corrected chi connectivity index (χ4v) is 2.13. The maximum Gasteiger partial charge on any atom is 0.305 e. The Morgan fingerprint density at radius 3 is 2.59 bits per heavy atom. The summed E-state index contributed by atoms with van der Waals surface area (Å²) in [5.41, 5.74) is 0. The monoisotopic (exact) mass is 242 g/mol. The van der Waals surface area contributed by atoms with Gasteiger partial charge in [-0.2, -0.15) is 0 Å². The number of hydrogen-bond acceptors (Lipinski definition) is 4. The van der Waals surface area contributed by atoms with Crippen LogP contribution in [-0.2, 0) is 19.1 Å². The summed E-state index contributed by atoms with van der Waals surface area (Å²) in [5.74, 6) is 0.529. The fraction of sp³-hybridized carbons (Fsp3) is 0.846. The van der Waals surface area contributed by atoms with Crippen LogP contribution in [0.2, 0.25) is 0 Å². The van der Waals surface area contributed by atoms with Gasteiger partial charge < -0.3 is 14.3 Å². The van der Waals surface area contributed by atoms with E-state index in [0.29, 0.717) is 32.0 Å². The van der Waals surface area contributed by atoms with Gasteiger partial charge in [0.05, 0.1) is 6.61 Å². The zero-order valence-electron chi connectivity index (χ0n) is 10.5. The first-order chi connectivity index (χ1) is 8.26. The minimum Gasteiger partial charge on any atom is -0.465 e. The molecule has 1 saturated carbocycles. The van der Waals surface area contributed by atoms with E-state index in [1.54, 1.807) is 7.11 Å². The van der Waals surface area contributed by atoms with Crippen LogP contribution in [0, 0.1) is 11.8 Å². The second-order valence-corrected chi connectivity index (χ2v) is 4.70. The van der Waals surface area contributed by atoms with Gasteiger partial charge in [0.15, 0.2) is 0 Å². The van der Waals surface area contributed by atoms with Crippen molar-refractivity contribution in [2.24, 2.45) is 11.8 Å². The molecular weight excluding hydrogens is 220 g/mol. The zero-order valence-corrected chi connectivity index (χ0v) is 10.5. The molecule has 0 heterocycles. The van der Waals surface area contributed by atoms with Gasteiger partial charge in [-0.05, 0) is 38.0 Å².